The molecule has 6 nitrogen and oxygen atoms in total. The Morgan fingerprint density at radius 2 is 1.43 bits per heavy atom. The number of nitrogen functional groups attached to an aromatic ring is 1. The minimum Gasteiger partial charge on any atom is -0.399 e. The second-order valence-electron chi connectivity index (χ2n) is 6.22. The molecule has 4 rings (SSSR count). The van der Waals surface area contributed by atoms with Crippen LogP contribution in [-0.2, 0) is 10.0 Å². The molecule has 3 aromatic carbocycles. The van der Waals surface area contributed by atoms with Gasteiger partial charge in [0.25, 0.3) is 10.0 Å². The molecule has 0 spiro atoms. The maximum atomic E-state index is 12.6. The molecule has 7 heteroatoms. The van der Waals surface area contributed by atoms with Gasteiger partial charge in [-0.3, -0.25) is 4.72 Å². The van der Waals surface area contributed by atoms with E-state index in [9.17, 15) is 8.42 Å². The molecule has 0 saturated heterocycles. The first-order chi connectivity index (χ1) is 13.5. The molecular formula is C21H18N4O2S. The van der Waals surface area contributed by atoms with Crippen molar-refractivity contribution in [2.24, 2.45) is 0 Å². The van der Waals surface area contributed by atoms with Gasteiger partial charge in [0.2, 0.25) is 0 Å². The van der Waals surface area contributed by atoms with Crippen LogP contribution in [-0.4, -0.2) is 18.2 Å². The Morgan fingerprint density at radius 1 is 0.786 bits per heavy atom. The zero-order valence-corrected chi connectivity index (χ0v) is 15.7. The maximum Gasteiger partial charge on any atom is 0.263 e. The fourth-order valence-electron chi connectivity index (χ4n) is 2.86. The predicted octanol–water partition coefficient (Wildman–Crippen LogP) is 3.92. The SMILES string of the molecule is Nc1ccc(S(=O)(=O)Nc2ccnn2-c2ccc(-c3ccccc3)cc2)cc1. The van der Waals surface area contributed by atoms with Crippen molar-refractivity contribution in [1.82, 2.24) is 9.78 Å². The van der Waals surface area contributed by atoms with Crippen LogP contribution < -0.4 is 10.5 Å². The van der Waals surface area contributed by atoms with E-state index < -0.39 is 10.0 Å². The van der Waals surface area contributed by atoms with Crippen LogP contribution in [0.5, 0.6) is 0 Å². The number of anilines is 2. The summed E-state index contributed by atoms with van der Waals surface area (Å²) in [4.78, 5) is 0.133. The quantitative estimate of drug-likeness (QED) is 0.505. The Balaban J connectivity index is 1.62. The highest BCUT2D eigenvalue weighted by atomic mass is 32.2. The van der Waals surface area contributed by atoms with Crippen molar-refractivity contribution < 1.29 is 8.42 Å². The Bertz CT molecular complexity index is 1180. The van der Waals surface area contributed by atoms with Crippen molar-refractivity contribution in [2.75, 3.05) is 10.5 Å². The molecule has 3 N–H and O–H groups in total. The van der Waals surface area contributed by atoms with E-state index in [1.54, 1.807) is 29.1 Å². The molecule has 0 aliphatic carbocycles. The zero-order chi connectivity index (χ0) is 19.6. The zero-order valence-electron chi connectivity index (χ0n) is 14.9. The van der Waals surface area contributed by atoms with Crippen LogP contribution >= 0.6 is 0 Å². The molecule has 0 bridgehead atoms. The van der Waals surface area contributed by atoms with Crippen molar-refractivity contribution in [3.05, 3.63) is 91.1 Å². The van der Waals surface area contributed by atoms with Crippen molar-refractivity contribution >= 4 is 21.5 Å². The van der Waals surface area contributed by atoms with Gasteiger partial charge >= 0.3 is 0 Å². The number of benzene rings is 3. The summed E-state index contributed by atoms with van der Waals surface area (Å²) in [5.41, 5.74) is 9.06. The van der Waals surface area contributed by atoms with Gasteiger partial charge in [-0.2, -0.15) is 5.10 Å². The van der Waals surface area contributed by atoms with Gasteiger partial charge in [-0.15, -0.1) is 0 Å². The first-order valence-electron chi connectivity index (χ1n) is 8.61. The van der Waals surface area contributed by atoms with Crippen LogP contribution in [0.4, 0.5) is 11.5 Å². The summed E-state index contributed by atoms with van der Waals surface area (Å²) in [6, 6.07) is 25.4. The van der Waals surface area contributed by atoms with Crippen molar-refractivity contribution in [3.8, 4) is 16.8 Å². The monoisotopic (exact) mass is 390 g/mol. The fraction of sp³-hybridized carbons (Fsp3) is 0. The third-order valence-electron chi connectivity index (χ3n) is 4.29. The van der Waals surface area contributed by atoms with Gasteiger partial charge in [-0.1, -0.05) is 42.5 Å². The lowest BCUT2D eigenvalue weighted by molar-refractivity contribution is 0.600. The van der Waals surface area contributed by atoms with Crippen LogP contribution in [0.1, 0.15) is 0 Å². The van der Waals surface area contributed by atoms with Crippen LogP contribution in [0.25, 0.3) is 16.8 Å². The summed E-state index contributed by atoms with van der Waals surface area (Å²) < 4.78 is 29.4. The minimum absolute atomic E-state index is 0.133. The number of hydrogen-bond donors (Lipinski definition) is 2. The predicted molar refractivity (Wildman–Crippen MR) is 111 cm³/mol. The number of hydrogen-bond acceptors (Lipinski definition) is 4. The molecule has 28 heavy (non-hydrogen) atoms. The molecule has 1 heterocycles. The first-order valence-corrected chi connectivity index (χ1v) is 10.1. The Labute approximate surface area is 163 Å². The first kappa shape index (κ1) is 17.8. The minimum atomic E-state index is -3.75. The summed E-state index contributed by atoms with van der Waals surface area (Å²) in [5.74, 6) is 0.351. The standard InChI is InChI=1S/C21H18N4O2S/c22-18-8-12-20(13-9-18)28(26,27)24-21-14-15-23-25(21)19-10-6-17(7-11-19)16-4-2-1-3-5-16/h1-15,24H,22H2. The van der Waals surface area contributed by atoms with Gasteiger partial charge in [-0.25, -0.2) is 13.1 Å². The van der Waals surface area contributed by atoms with Crippen LogP contribution in [0.3, 0.4) is 0 Å². The van der Waals surface area contributed by atoms with E-state index in [0.717, 1.165) is 16.8 Å². The van der Waals surface area contributed by atoms with Crippen LogP contribution in [0, 0.1) is 0 Å². The Morgan fingerprint density at radius 3 is 2.11 bits per heavy atom. The number of aromatic nitrogens is 2. The maximum absolute atomic E-state index is 12.6. The van der Waals surface area contributed by atoms with Crippen LogP contribution in [0.15, 0.2) is 96.0 Å². The van der Waals surface area contributed by atoms with Gasteiger partial charge in [0, 0.05) is 11.8 Å². The highest BCUT2D eigenvalue weighted by Gasteiger charge is 2.17. The molecular weight excluding hydrogens is 372 g/mol. The van der Waals surface area contributed by atoms with Crippen LogP contribution in [0.2, 0.25) is 0 Å². The van der Waals surface area contributed by atoms with E-state index in [1.807, 2.05) is 54.6 Å². The molecule has 140 valence electrons. The van der Waals surface area contributed by atoms with Gasteiger partial charge in [-0.05, 0) is 47.5 Å². The van der Waals surface area contributed by atoms with Gasteiger partial charge in [0.05, 0.1) is 16.8 Å². The van der Waals surface area contributed by atoms with E-state index in [-0.39, 0.29) is 4.90 Å². The number of nitrogens with zero attached hydrogens (tertiary/aromatic N) is 2. The summed E-state index contributed by atoms with van der Waals surface area (Å²) in [7, 11) is -3.75. The van der Waals surface area contributed by atoms with E-state index in [2.05, 4.69) is 9.82 Å². The Kier molecular flexibility index (Phi) is 4.58. The van der Waals surface area contributed by atoms with Crippen molar-refractivity contribution in [1.29, 1.82) is 0 Å². The lowest BCUT2D eigenvalue weighted by Crippen LogP contribution is -2.16. The molecule has 0 unspecified atom stereocenters. The molecule has 4 aromatic rings. The highest BCUT2D eigenvalue weighted by Crippen LogP contribution is 2.23. The molecule has 0 radical (unpaired) electrons. The molecule has 1 aromatic heterocycles. The lowest BCUT2D eigenvalue weighted by Gasteiger charge is -2.11. The molecule has 0 atom stereocenters. The molecule has 0 saturated carbocycles. The highest BCUT2D eigenvalue weighted by molar-refractivity contribution is 7.92. The third kappa shape index (κ3) is 3.60. The summed E-state index contributed by atoms with van der Waals surface area (Å²) >= 11 is 0. The molecule has 0 aliphatic rings. The average molecular weight is 390 g/mol. The number of sulfonamides is 1. The molecule has 0 aliphatic heterocycles. The van der Waals surface area contributed by atoms with E-state index in [0.29, 0.717) is 11.5 Å². The smallest absolute Gasteiger partial charge is 0.263 e. The number of nitrogens with two attached hydrogens (primary N) is 1. The number of nitrogens with one attached hydrogen (secondary N) is 1. The fourth-order valence-corrected chi connectivity index (χ4v) is 3.90. The van der Waals surface area contributed by atoms with Gasteiger partial charge < -0.3 is 5.73 Å². The largest absolute Gasteiger partial charge is 0.399 e. The van der Waals surface area contributed by atoms with E-state index in [4.69, 9.17) is 5.73 Å². The van der Waals surface area contributed by atoms with E-state index in [1.165, 1.54) is 12.1 Å². The van der Waals surface area contributed by atoms with Crippen molar-refractivity contribution in [2.45, 2.75) is 4.90 Å². The van der Waals surface area contributed by atoms with Gasteiger partial charge in [0.15, 0.2) is 0 Å². The second kappa shape index (κ2) is 7.21. The lowest BCUT2D eigenvalue weighted by atomic mass is 10.1. The van der Waals surface area contributed by atoms with Gasteiger partial charge in [0.1, 0.15) is 5.82 Å². The summed E-state index contributed by atoms with van der Waals surface area (Å²) in [5, 5.41) is 4.25. The van der Waals surface area contributed by atoms with E-state index >= 15 is 0 Å². The van der Waals surface area contributed by atoms with Crippen molar-refractivity contribution in [3.63, 3.8) is 0 Å². The molecule has 0 amide bonds. The topological polar surface area (TPSA) is 90.0 Å². The summed E-state index contributed by atoms with van der Waals surface area (Å²) in [6.45, 7) is 0. The summed E-state index contributed by atoms with van der Waals surface area (Å²) in [6.07, 6.45) is 1.55. The second-order valence-corrected chi connectivity index (χ2v) is 7.90. The Hall–Kier alpha value is -3.58. The third-order valence-corrected chi connectivity index (χ3v) is 5.66. The molecule has 0 fully saturated rings. The normalized spacial score (nSPS) is 11.3. The number of rotatable bonds is 5. The average Bonchev–Trinajstić information content (AvgIpc) is 3.16.